The van der Waals surface area contributed by atoms with E-state index in [1.54, 1.807) is 60.7 Å². The highest BCUT2D eigenvalue weighted by atomic mass is 19.1. The summed E-state index contributed by atoms with van der Waals surface area (Å²) in [6.45, 7) is 9.85. The Bertz CT molecular complexity index is 5350. The molecule has 0 atom stereocenters. The van der Waals surface area contributed by atoms with Gasteiger partial charge in [0.25, 0.3) is 0 Å². The van der Waals surface area contributed by atoms with Crippen molar-refractivity contribution in [2.45, 2.75) is 86.4 Å². The Kier molecular flexibility index (Phi) is 24.1. The van der Waals surface area contributed by atoms with Crippen molar-refractivity contribution >= 4 is 103 Å². The van der Waals surface area contributed by atoms with E-state index in [0.717, 1.165) is 92.9 Å². The van der Waals surface area contributed by atoms with E-state index >= 15 is 0 Å². The summed E-state index contributed by atoms with van der Waals surface area (Å²) in [5.74, 6) is -0.279. The normalized spacial score (nSPS) is 11.6. The minimum Gasteiger partial charge on any atom is -0.493 e. The summed E-state index contributed by atoms with van der Waals surface area (Å²) < 4.78 is 57.5. The van der Waals surface area contributed by atoms with E-state index in [-0.39, 0.29) is 82.8 Å². The summed E-state index contributed by atoms with van der Waals surface area (Å²) in [5.41, 5.74) is 11.4. The second-order valence-corrected chi connectivity index (χ2v) is 24.5. The predicted octanol–water partition coefficient (Wildman–Crippen LogP) is 16.8. The van der Waals surface area contributed by atoms with Crippen LogP contribution < -0.4 is 40.8 Å². The maximum Gasteiger partial charge on any atom is 0.233 e. The van der Waals surface area contributed by atoms with E-state index in [2.05, 4.69) is 66.5 Å². The molecule has 0 spiro atoms. The fraction of sp³-hybridized carbons (Fsp3) is 0.173. The Morgan fingerprint density at radius 2 is 0.717 bits per heavy atom. The van der Waals surface area contributed by atoms with Crippen LogP contribution in [0.4, 0.5) is 42.7 Å². The molecular weight excluding hydrogens is 1360 g/mol. The van der Waals surface area contributed by atoms with Crippen LogP contribution in [0.1, 0.15) is 79.2 Å². The van der Waals surface area contributed by atoms with Crippen LogP contribution in [0.25, 0.3) is 88.1 Å². The molecule has 0 unspecified atom stereocenters. The molecule has 0 saturated heterocycles. The van der Waals surface area contributed by atoms with Gasteiger partial charge in [-0.1, -0.05) is 110 Å². The number of carbonyl (C=O) groups excluding carboxylic acids is 5. The van der Waals surface area contributed by atoms with Crippen LogP contribution in [0.2, 0.25) is 0 Å². The number of benzene rings is 9. The van der Waals surface area contributed by atoms with Crippen LogP contribution in [0.3, 0.4) is 0 Å². The van der Waals surface area contributed by atoms with Crippen LogP contribution in [0, 0.1) is 17.5 Å². The molecule has 22 nitrogen and oxygen atoms in total. The minimum atomic E-state index is -0.311. The third kappa shape index (κ3) is 20.1. The van der Waals surface area contributed by atoms with Gasteiger partial charge in [0.15, 0.2) is 0 Å². The molecule has 6 N–H and O–H groups in total. The first-order chi connectivity index (χ1) is 51.1. The number of nitrogens with zero attached hydrogens (tertiary/aromatic N) is 8. The molecular formula is C81H72F3N13O9. The number of carbonyl (C=O) groups is 5. The van der Waals surface area contributed by atoms with E-state index in [9.17, 15) is 42.3 Å². The Morgan fingerprint density at radius 3 is 1.10 bits per heavy atom. The monoisotopic (exact) mass is 1430 g/mol. The van der Waals surface area contributed by atoms with Crippen LogP contribution in [-0.2, 0) is 30.6 Å². The molecule has 4 heterocycles. The van der Waals surface area contributed by atoms with Crippen LogP contribution in [-0.4, -0.2) is 87.2 Å². The molecule has 0 bridgehead atoms. The molecule has 1 saturated carbocycles. The zero-order chi connectivity index (χ0) is 74.8. The molecule has 1 aliphatic carbocycles. The second-order valence-electron chi connectivity index (χ2n) is 24.5. The van der Waals surface area contributed by atoms with Gasteiger partial charge in [-0.3, -0.25) is 45.2 Å². The van der Waals surface area contributed by atoms with Gasteiger partial charge in [0.05, 0.1) is 50.2 Å². The van der Waals surface area contributed by atoms with Gasteiger partial charge in [-0.15, -0.1) is 0 Å². The fourth-order valence-electron chi connectivity index (χ4n) is 11.3. The summed E-state index contributed by atoms with van der Waals surface area (Å²) in [4.78, 5) is 90.7. The van der Waals surface area contributed by atoms with Crippen molar-refractivity contribution in [2.75, 3.05) is 33.2 Å². The topological polar surface area (TPSA) is 297 Å². The van der Waals surface area contributed by atoms with Gasteiger partial charge in [-0.2, -0.15) is 19.9 Å². The molecule has 536 valence electrons. The van der Waals surface area contributed by atoms with Crippen molar-refractivity contribution in [3.05, 3.63) is 223 Å². The van der Waals surface area contributed by atoms with Gasteiger partial charge in [0.1, 0.15) is 30.2 Å². The predicted molar refractivity (Wildman–Crippen MR) is 402 cm³/mol. The van der Waals surface area contributed by atoms with E-state index < -0.39 is 0 Å². The summed E-state index contributed by atoms with van der Waals surface area (Å²) in [7, 11) is 0. The van der Waals surface area contributed by atoms with Gasteiger partial charge in [0.2, 0.25) is 76.8 Å². The van der Waals surface area contributed by atoms with E-state index in [1.807, 2.05) is 110 Å². The first kappa shape index (κ1) is 73.9. The lowest BCUT2D eigenvalue weighted by atomic mass is 10.0. The van der Waals surface area contributed by atoms with Crippen molar-refractivity contribution in [1.29, 1.82) is 0 Å². The van der Waals surface area contributed by atoms with E-state index in [1.165, 1.54) is 71.0 Å². The van der Waals surface area contributed by atoms with Gasteiger partial charge in [-0.25, -0.2) is 33.1 Å². The van der Waals surface area contributed by atoms with Crippen LogP contribution >= 0.6 is 0 Å². The number of ether oxygens (including phenoxy) is 3. The average Bonchev–Trinajstić information content (AvgIpc) is 0.816. The average molecular weight is 1430 g/mol. The Labute approximate surface area is 607 Å². The van der Waals surface area contributed by atoms with Crippen LogP contribution in [0.5, 0.6) is 23.5 Å². The maximum atomic E-state index is 13.3. The lowest BCUT2D eigenvalue weighted by Crippen LogP contribution is -2.15. The second kappa shape index (κ2) is 34.6. The molecule has 25 heteroatoms. The number of hydrogen-bond acceptors (Lipinski definition) is 17. The number of hydrogen-bond donors (Lipinski definition) is 6. The van der Waals surface area contributed by atoms with Gasteiger partial charge >= 0.3 is 0 Å². The van der Waals surface area contributed by atoms with E-state index in [0.29, 0.717) is 69.4 Å². The minimum absolute atomic E-state index is 0.0601. The number of aromatic hydroxyl groups is 1. The largest absolute Gasteiger partial charge is 0.493 e. The van der Waals surface area contributed by atoms with Crippen LogP contribution in [0.15, 0.2) is 200 Å². The first-order valence-corrected chi connectivity index (χ1v) is 33.8. The molecule has 106 heavy (non-hydrogen) atoms. The number of halogens is 3. The fourth-order valence-corrected chi connectivity index (χ4v) is 11.3. The highest BCUT2D eigenvalue weighted by Gasteiger charge is 2.21. The SMILES string of the molecule is CC(=O)Nc1ccc(-c2ccc3nc(NC(C)=O)nc(O)c3c2)cc1.CC(=O)Nc1nc(OC2CCCC2)c2cc(-c3ccc(F)cc3)ccc2n1.CC(=O)Nc1nc(OCc2ccccc2)c2cc(-c3ccc(F)cc3)ccc2n1.CCCOc1nc(NC(C)=O)nc2ccc(-c3ccc(F)cc3)cc12. The third-order valence-electron chi connectivity index (χ3n) is 16.1. The van der Waals surface area contributed by atoms with Crippen molar-refractivity contribution in [1.82, 2.24) is 39.9 Å². The number of rotatable bonds is 17. The molecule has 1 fully saturated rings. The Morgan fingerprint density at radius 1 is 0.387 bits per heavy atom. The maximum absolute atomic E-state index is 13.3. The van der Waals surface area contributed by atoms with Crippen molar-refractivity contribution in [3.8, 4) is 68.0 Å². The molecule has 0 radical (unpaired) electrons. The van der Waals surface area contributed by atoms with Gasteiger partial charge in [0, 0.05) is 40.3 Å². The number of fused-ring (bicyclic) bond motifs is 4. The smallest absolute Gasteiger partial charge is 0.233 e. The number of anilines is 5. The number of nitrogens with one attached hydrogen (secondary N) is 5. The summed E-state index contributed by atoms with van der Waals surface area (Å²) >= 11 is 0. The summed E-state index contributed by atoms with van der Waals surface area (Å²) in [5, 5.41) is 25.8. The highest BCUT2D eigenvalue weighted by Crippen LogP contribution is 2.36. The Balaban J connectivity index is 0.000000141. The Hall–Kier alpha value is -13.3. The van der Waals surface area contributed by atoms with Gasteiger partial charge in [-0.05, 0) is 179 Å². The van der Waals surface area contributed by atoms with E-state index in [4.69, 9.17) is 14.2 Å². The van der Waals surface area contributed by atoms with Gasteiger partial charge < -0.3 is 24.6 Å². The third-order valence-corrected chi connectivity index (χ3v) is 16.1. The van der Waals surface area contributed by atoms with Crippen molar-refractivity contribution < 1.29 is 56.5 Å². The molecule has 0 aliphatic heterocycles. The molecule has 4 aromatic heterocycles. The lowest BCUT2D eigenvalue weighted by Gasteiger charge is -2.15. The highest BCUT2D eigenvalue weighted by molar-refractivity contribution is 5.96. The number of aromatic nitrogens is 8. The molecule has 1 aliphatic rings. The number of amides is 5. The summed E-state index contributed by atoms with van der Waals surface area (Å²) in [6.07, 6.45) is 5.25. The zero-order valence-corrected chi connectivity index (χ0v) is 58.5. The summed E-state index contributed by atoms with van der Waals surface area (Å²) in [6, 6.07) is 58.3. The molecule has 5 amide bonds. The lowest BCUT2D eigenvalue weighted by molar-refractivity contribution is -0.115. The standard InChI is InChI=1S/C23H18FN3O2.C21H20FN3O2.C19H18FN3O2.C18H16N4O3/c1-15(28)25-23-26-21-12-9-18(17-7-10-19(24)11-8-17)13-20(21)22(27-23)29-14-16-5-3-2-4-6-16;1-13(26)23-21-24-19-11-8-15(14-6-9-16(22)10-7-14)12-18(19)20(25-21)27-17-4-2-3-5-17;1-3-10-25-18-16-11-14(13-4-7-15(20)8-5-13)6-9-17(16)22-19(23-18)21-12(2)24;1-10(23)19-14-6-3-12(4-7-14)13-5-8-16-15(9-13)17(25)22-18(21-16)20-11(2)24/h2-13H,14H2,1H3,(H,25,26,27,28);6-12,17H,2-5H2,1H3,(H,23,24,25,26);4-9,11H,3,10H2,1-2H3,(H,21,22,23,24);3-9H,1-2H3,(H,19,23)(H2,20,21,22,24,25). The molecule has 13 aromatic rings. The molecule has 9 aromatic carbocycles. The van der Waals surface area contributed by atoms with Crippen molar-refractivity contribution in [2.24, 2.45) is 0 Å². The molecule has 14 rings (SSSR count). The quantitative estimate of drug-likeness (QED) is 0.0494. The zero-order valence-electron chi connectivity index (χ0n) is 58.5. The van der Waals surface area contributed by atoms with Crippen molar-refractivity contribution in [3.63, 3.8) is 0 Å². The first-order valence-electron chi connectivity index (χ1n) is 33.8.